The minimum absolute atomic E-state index is 0.101. The van der Waals surface area contributed by atoms with Crippen LogP contribution in [-0.2, 0) is 0 Å². The van der Waals surface area contributed by atoms with Crippen LogP contribution in [0.15, 0.2) is 18.5 Å². The van der Waals surface area contributed by atoms with Crippen LogP contribution in [0.5, 0.6) is 0 Å². The largest absolute Gasteiger partial charge is 0.394 e. The van der Waals surface area contributed by atoms with Crippen molar-refractivity contribution in [2.24, 2.45) is 0 Å². The van der Waals surface area contributed by atoms with Crippen LogP contribution in [0, 0.1) is 0 Å². The SMILES string of the molecule is CCNc1cncc(NC(CC)CO)c1. The molecule has 0 amide bonds. The summed E-state index contributed by atoms with van der Waals surface area (Å²) < 4.78 is 0. The van der Waals surface area contributed by atoms with Crippen molar-refractivity contribution in [3.05, 3.63) is 18.5 Å². The van der Waals surface area contributed by atoms with Gasteiger partial charge in [0.1, 0.15) is 0 Å². The molecular formula is C11H19N3O. The van der Waals surface area contributed by atoms with Gasteiger partial charge in [-0.2, -0.15) is 0 Å². The molecule has 84 valence electrons. The second-order valence-corrected chi connectivity index (χ2v) is 3.42. The van der Waals surface area contributed by atoms with E-state index in [1.54, 1.807) is 12.4 Å². The lowest BCUT2D eigenvalue weighted by Gasteiger charge is -2.15. The monoisotopic (exact) mass is 209 g/mol. The fourth-order valence-electron chi connectivity index (χ4n) is 1.33. The van der Waals surface area contributed by atoms with E-state index in [0.717, 1.165) is 24.3 Å². The quantitative estimate of drug-likeness (QED) is 0.667. The van der Waals surface area contributed by atoms with Crippen molar-refractivity contribution in [3.63, 3.8) is 0 Å². The van der Waals surface area contributed by atoms with Gasteiger partial charge >= 0.3 is 0 Å². The summed E-state index contributed by atoms with van der Waals surface area (Å²) in [4.78, 5) is 4.12. The van der Waals surface area contributed by atoms with E-state index in [0.29, 0.717) is 0 Å². The van der Waals surface area contributed by atoms with Gasteiger partial charge in [-0.1, -0.05) is 6.92 Å². The molecule has 0 spiro atoms. The molecular weight excluding hydrogens is 190 g/mol. The Balaban J connectivity index is 2.64. The molecule has 3 N–H and O–H groups in total. The molecule has 0 saturated carbocycles. The third-order valence-corrected chi connectivity index (χ3v) is 2.20. The molecule has 0 radical (unpaired) electrons. The molecule has 0 saturated heterocycles. The number of aliphatic hydroxyl groups excluding tert-OH is 1. The molecule has 1 aromatic rings. The second-order valence-electron chi connectivity index (χ2n) is 3.42. The predicted molar refractivity (Wildman–Crippen MR) is 63.2 cm³/mol. The number of pyridine rings is 1. The molecule has 1 heterocycles. The third kappa shape index (κ3) is 3.75. The third-order valence-electron chi connectivity index (χ3n) is 2.20. The maximum atomic E-state index is 9.06. The van der Waals surface area contributed by atoms with Gasteiger partial charge in [0.05, 0.1) is 30.4 Å². The van der Waals surface area contributed by atoms with Crippen molar-refractivity contribution in [3.8, 4) is 0 Å². The lowest BCUT2D eigenvalue weighted by atomic mass is 10.2. The zero-order chi connectivity index (χ0) is 11.1. The van der Waals surface area contributed by atoms with E-state index in [4.69, 9.17) is 5.11 Å². The number of nitrogens with zero attached hydrogens (tertiary/aromatic N) is 1. The molecule has 0 aromatic carbocycles. The first-order valence-electron chi connectivity index (χ1n) is 5.36. The molecule has 1 rings (SSSR count). The van der Waals surface area contributed by atoms with Crippen LogP contribution >= 0.6 is 0 Å². The molecule has 15 heavy (non-hydrogen) atoms. The Morgan fingerprint density at radius 2 is 2.07 bits per heavy atom. The van der Waals surface area contributed by atoms with Crippen molar-refractivity contribution in [2.45, 2.75) is 26.3 Å². The smallest absolute Gasteiger partial charge is 0.0632 e. The zero-order valence-corrected chi connectivity index (χ0v) is 9.33. The first-order chi connectivity index (χ1) is 7.30. The Morgan fingerprint density at radius 3 is 2.67 bits per heavy atom. The average Bonchev–Trinajstić information content (AvgIpc) is 2.27. The summed E-state index contributed by atoms with van der Waals surface area (Å²) in [5, 5.41) is 15.5. The molecule has 0 aliphatic rings. The molecule has 0 aliphatic carbocycles. The summed E-state index contributed by atoms with van der Waals surface area (Å²) in [5.74, 6) is 0. The normalized spacial score (nSPS) is 12.2. The summed E-state index contributed by atoms with van der Waals surface area (Å²) in [6.45, 7) is 5.10. The van der Waals surface area contributed by atoms with Crippen LogP contribution in [0.2, 0.25) is 0 Å². The number of aliphatic hydroxyl groups is 1. The van der Waals surface area contributed by atoms with Gasteiger partial charge in [-0.25, -0.2) is 0 Å². The highest BCUT2D eigenvalue weighted by atomic mass is 16.3. The number of nitrogens with one attached hydrogen (secondary N) is 2. The molecule has 1 unspecified atom stereocenters. The lowest BCUT2D eigenvalue weighted by molar-refractivity contribution is 0.272. The second kappa shape index (κ2) is 6.24. The van der Waals surface area contributed by atoms with Crippen LogP contribution in [0.1, 0.15) is 20.3 Å². The number of aromatic nitrogens is 1. The maximum Gasteiger partial charge on any atom is 0.0632 e. The van der Waals surface area contributed by atoms with E-state index >= 15 is 0 Å². The first kappa shape index (κ1) is 11.8. The van der Waals surface area contributed by atoms with Crippen LogP contribution < -0.4 is 10.6 Å². The topological polar surface area (TPSA) is 57.2 Å². The van der Waals surface area contributed by atoms with Gasteiger partial charge < -0.3 is 15.7 Å². The molecule has 1 aromatic heterocycles. The first-order valence-corrected chi connectivity index (χ1v) is 5.36. The standard InChI is InChI=1S/C11H19N3O/c1-3-9(8-15)14-11-5-10(13-4-2)6-12-7-11/h5-7,9,13-15H,3-4,8H2,1-2H3. The Morgan fingerprint density at radius 1 is 1.33 bits per heavy atom. The Kier molecular flexibility index (Phi) is 4.90. The van der Waals surface area contributed by atoms with Gasteiger partial charge in [-0.05, 0) is 19.4 Å². The fraction of sp³-hybridized carbons (Fsp3) is 0.545. The summed E-state index contributed by atoms with van der Waals surface area (Å²) in [6, 6.07) is 2.10. The maximum absolute atomic E-state index is 9.06. The van der Waals surface area contributed by atoms with Gasteiger partial charge in [0.25, 0.3) is 0 Å². The van der Waals surface area contributed by atoms with E-state index in [1.165, 1.54) is 0 Å². The van der Waals surface area contributed by atoms with E-state index in [-0.39, 0.29) is 12.6 Å². The average molecular weight is 209 g/mol. The highest BCUT2D eigenvalue weighted by Crippen LogP contribution is 2.14. The number of rotatable bonds is 6. The molecule has 1 atom stereocenters. The van der Waals surface area contributed by atoms with Crippen molar-refractivity contribution >= 4 is 11.4 Å². The number of hydrogen-bond donors (Lipinski definition) is 3. The minimum atomic E-state index is 0.101. The van der Waals surface area contributed by atoms with Crippen LogP contribution in [-0.4, -0.2) is 29.3 Å². The van der Waals surface area contributed by atoms with Gasteiger partial charge in [0.2, 0.25) is 0 Å². The Labute approximate surface area is 90.7 Å². The number of anilines is 2. The summed E-state index contributed by atoms with van der Waals surface area (Å²) in [5.41, 5.74) is 1.93. The summed E-state index contributed by atoms with van der Waals surface area (Å²) in [7, 11) is 0. The van der Waals surface area contributed by atoms with Gasteiger partial charge in [0, 0.05) is 12.6 Å². The van der Waals surface area contributed by atoms with Crippen molar-refractivity contribution in [1.29, 1.82) is 0 Å². The highest BCUT2D eigenvalue weighted by Gasteiger charge is 2.04. The van der Waals surface area contributed by atoms with Crippen LogP contribution in [0.25, 0.3) is 0 Å². The van der Waals surface area contributed by atoms with Crippen LogP contribution in [0.3, 0.4) is 0 Å². The van der Waals surface area contributed by atoms with E-state index in [9.17, 15) is 0 Å². The Bertz CT molecular complexity index is 287. The van der Waals surface area contributed by atoms with E-state index < -0.39 is 0 Å². The van der Waals surface area contributed by atoms with Crippen LogP contribution in [0.4, 0.5) is 11.4 Å². The zero-order valence-electron chi connectivity index (χ0n) is 9.33. The molecule has 4 nitrogen and oxygen atoms in total. The van der Waals surface area contributed by atoms with Gasteiger partial charge in [-0.15, -0.1) is 0 Å². The lowest BCUT2D eigenvalue weighted by Crippen LogP contribution is -2.22. The molecule has 0 aliphatic heterocycles. The molecule has 0 fully saturated rings. The van der Waals surface area contributed by atoms with Gasteiger partial charge in [0.15, 0.2) is 0 Å². The minimum Gasteiger partial charge on any atom is -0.394 e. The molecule has 4 heteroatoms. The predicted octanol–water partition coefficient (Wildman–Crippen LogP) is 1.70. The van der Waals surface area contributed by atoms with Crippen molar-refractivity contribution in [1.82, 2.24) is 4.98 Å². The van der Waals surface area contributed by atoms with E-state index in [1.807, 2.05) is 19.9 Å². The Hall–Kier alpha value is -1.29. The highest BCUT2D eigenvalue weighted by molar-refractivity contribution is 5.54. The van der Waals surface area contributed by atoms with Crippen molar-refractivity contribution < 1.29 is 5.11 Å². The van der Waals surface area contributed by atoms with E-state index in [2.05, 4.69) is 15.6 Å². The summed E-state index contributed by atoms with van der Waals surface area (Å²) in [6.07, 6.45) is 4.44. The van der Waals surface area contributed by atoms with Crippen molar-refractivity contribution in [2.75, 3.05) is 23.8 Å². The molecule has 0 bridgehead atoms. The number of hydrogen-bond acceptors (Lipinski definition) is 4. The fourth-order valence-corrected chi connectivity index (χ4v) is 1.33. The van der Waals surface area contributed by atoms with Gasteiger partial charge in [-0.3, -0.25) is 4.98 Å². The summed E-state index contributed by atoms with van der Waals surface area (Å²) >= 11 is 0.